The van der Waals surface area contributed by atoms with Gasteiger partial charge in [-0.3, -0.25) is 4.79 Å². The van der Waals surface area contributed by atoms with Crippen LogP contribution in [0.15, 0.2) is 51.7 Å². The van der Waals surface area contributed by atoms with Crippen molar-refractivity contribution in [2.45, 2.75) is 19.8 Å². The van der Waals surface area contributed by atoms with E-state index in [0.717, 1.165) is 17.0 Å². The van der Waals surface area contributed by atoms with Gasteiger partial charge in [0.05, 0.1) is 5.02 Å². The minimum Gasteiger partial charge on any atom is -0.484 e. The van der Waals surface area contributed by atoms with Crippen LogP contribution in [0.25, 0.3) is 11.0 Å². The molecule has 3 aromatic rings. The van der Waals surface area contributed by atoms with Gasteiger partial charge in [-0.15, -0.1) is 0 Å². The molecule has 5 nitrogen and oxygen atoms in total. The second-order valence-corrected chi connectivity index (χ2v) is 6.71. The predicted octanol–water partition coefficient (Wildman–Crippen LogP) is 4.73. The molecule has 7 heteroatoms. The maximum absolute atomic E-state index is 13.1. The molecule has 0 aliphatic carbocycles. The number of ether oxygens (including phenoxy) is 1. The van der Waals surface area contributed by atoms with Crippen molar-refractivity contribution in [2.75, 3.05) is 11.9 Å². The van der Waals surface area contributed by atoms with Crippen LogP contribution in [0.3, 0.4) is 0 Å². The molecule has 0 unspecified atom stereocenters. The Bertz CT molecular complexity index is 1060. The van der Waals surface area contributed by atoms with Gasteiger partial charge in [0.25, 0.3) is 5.91 Å². The van der Waals surface area contributed by atoms with Crippen LogP contribution in [0.5, 0.6) is 5.75 Å². The lowest BCUT2D eigenvalue weighted by Crippen LogP contribution is -2.20. The van der Waals surface area contributed by atoms with E-state index in [1.54, 1.807) is 18.2 Å². The lowest BCUT2D eigenvalue weighted by atomic mass is 10.00. The number of benzene rings is 2. The Morgan fingerprint density at radius 1 is 1.22 bits per heavy atom. The van der Waals surface area contributed by atoms with Crippen LogP contribution in [0.4, 0.5) is 10.1 Å². The Hall–Kier alpha value is -2.86. The Kier molecular flexibility index (Phi) is 5.46. The number of anilines is 1. The Balaban J connectivity index is 1.72. The highest BCUT2D eigenvalue weighted by Gasteiger charge is 2.11. The summed E-state index contributed by atoms with van der Waals surface area (Å²) in [5, 5.41) is 3.30. The van der Waals surface area contributed by atoms with Gasteiger partial charge in [-0.2, -0.15) is 0 Å². The van der Waals surface area contributed by atoms with E-state index < -0.39 is 17.3 Å². The number of hydrogen-bond donors (Lipinski definition) is 1. The highest BCUT2D eigenvalue weighted by Crippen LogP contribution is 2.27. The third-order valence-electron chi connectivity index (χ3n) is 3.94. The third kappa shape index (κ3) is 4.46. The van der Waals surface area contributed by atoms with Gasteiger partial charge in [0.2, 0.25) is 0 Å². The molecule has 3 rings (SSSR count). The van der Waals surface area contributed by atoms with Crippen LogP contribution in [-0.2, 0) is 4.79 Å². The molecule has 1 aromatic heterocycles. The van der Waals surface area contributed by atoms with E-state index in [0.29, 0.717) is 17.0 Å². The minimum atomic E-state index is -0.565. The monoisotopic (exact) mass is 389 g/mol. The molecule has 140 valence electrons. The van der Waals surface area contributed by atoms with Crippen molar-refractivity contribution in [1.29, 1.82) is 0 Å². The van der Waals surface area contributed by atoms with Crippen LogP contribution < -0.4 is 15.7 Å². The highest BCUT2D eigenvalue weighted by molar-refractivity contribution is 6.31. The number of hydrogen-bond acceptors (Lipinski definition) is 4. The van der Waals surface area contributed by atoms with Crippen molar-refractivity contribution in [1.82, 2.24) is 0 Å². The van der Waals surface area contributed by atoms with Gasteiger partial charge in [0.15, 0.2) is 6.61 Å². The largest absolute Gasteiger partial charge is 0.484 e. The Morgan fingerprint density at radius 3 is 2.70 bits per heavy atom. The fraction of sp³-hybridized carbons (Fsp3) is 0.200. The van der Waals surface area contributed by atoms with Crippen molar-refractivity contribution in [3.63, 3.8) is 0 Å². The molecule has 0 aliphatic rings. The number of nitrogens with one attached hydrogen (secondary N) is 1. The highest BCUT2D eigenvalue weighted by atomic mass is 35.5. The summed E-state index contributed by atoms with van der Waals surface area (Å²) in [6.07, 6.45) is 0. The van der Waals surface area contributed by atoms with Gasteiger partial charge in [-0.1, -0.05) is 25.4 Å². The smallest absolute Gasteiger partial charge is 0.336 e. The number of halogens is 2. The van der Waals surface area contributed by atoms with E-state index >= 15 is 0 Å². The lowest BCUT2D eigenvalue weighted by Gasteiger charge is -2.11. The van der Waals surface area contributed by atoms with E-state index in [4.69, 9.17) is 20.8 Å². The van der Waals surface area contributed by atoms with E-state index in [1.165, 1.54) is 18.2 Å². The average molecular weight is 390 g/mol. The van der Waals surface area contributed by atoms with Crippen molar-refractivity contribution in [2.24, 2.45) is 0 Å². The molecule has 0 atom stereocenters. The summed E-state index contributed by atoms with van der Waals surface area (Å²) in [6, 6.07) is 10.4. The summed E-state index contributed by atoms with van der Waals surface area (Å²) in [5.41, 5.74) is 1.21. The number of amides is 1. The molecule has 0 radical (unpaired) electrons. The van der Waals surface area contributed by atoms with E-state index in [9.17, 15) is 14.0 Å². The number of carbonyl (C=O) groups excluding carboxylic acids is 1. The maximum Gasteiger partial charge on any atom is 0.336 e. The molecule has 1 amide bonds. The average Bonchev–Trinajstić information content (AvgIpc) is 2.62. The molecular formula is C20H17ClFNO4. The van der Waals surface area contributed by atoms with Crippen molar-refractivity contribution >= 4 is 34.2 Å². The topological polar surface area (TPSA) is 68.5 Å². The molecule has 0 saturated carbocycles. The lowest BCUT2D eigenvalue weighted by molar-refractivity contribution is -0.118. The van der Waals surface area contributed by atoms with Crippen LogP contribution in [0.2, 0.25) is 5.02 Å². The number of rotatable bonds is 5. The summed E-state index contributed by atoms with van der Waals surface area (Å²) >= 11 is 5.68. The summed E-state index contributed by atoms with van der Waals surface area (Å²) in [7, 11) is 0. The second kappa shape index (κ2) is 7.80. The van der Waals surface area contributed by atoms with Crippen molar-refractivity contribution in [3.05, 3.63) is 69.3 Å². The molecule has 0 spiro atoms. The SMILES string of the molecule is CC(C)c1cc(=O)oc2cc(OCC(=O)Nc3ccc(F)c(Cl)c3)ccc12. The first kappa shape index (κ1) is 18.9. The first-order chi connectivity index (χ1) is 12.8. The van der Waals surface area contributed by atoms with Gasteiger partial charge in [0, 0.05) is 23.2 Å². The molecule has 2 aromatic carbocycles. The molecule has 27 heavy (non-hydrogen) atoms. The Labute approximate surface area is 159 Å². The normalized spacial score (nSPS) is 11.0. The Morgan fingerprint density at radius 2 is 2.00 bits per heavy atom. The van der Waals surface area contributed by atoms with Gasteiger partial charge in [-0.05, 0) is 41.8 Å². The van der Waals surface area contributed by atoms with Crippen LogP contribution in [0, 0.1) is 5.82 Å². The van der Waals surface area contributed by atoms with Gasteiger partial charge in [0.1, 0.15) is 17.1 Å². The van der Waals surface area contributed by atoms with Crippen LogP contribution in [0.1, 0.15) is 25.3 Å². The van der Waals surface area contributed by atoms with E-state index in [1.807, 2.05) is 13.8 Å². The summed E-state index contributed by atoms with van der Waals surface area (Å²) in [4.78, 5) is 23.7. The van der Waals surface area contributed by atoms with Crippen molar-refractivity contribution < 1.29 is 18.3 Å². The number of fused-ring (bicyclic) bond motifs is 1. The van der Waals surface area contributed by atoms with Crippen LogP contribution >= 0.6 is 11.6 Å². The third-order valence-corrected chi connectivity index (χ3v) is 4.23. The maximum atomic E-state index is 13.1. The quantitative estimate of drug-likeness (QED) is 0.641. The second-order valence-electron chi connectivity index (χ2n) is 6.30. The molecule has 1 N–H and O–H groups in total. The van der Waals surface area contributed by atoms with Gasteiger partial charge in [-0.25, -0.2) is 9.18 Å². The van der Waals surface area contributed by atoms with Gasteiger partial charge >= 0.3 is 5.63 Å². The molecule has 0 fully saturated rings. The summed E-state index contributed by atoms with van der Waals surface area (Å²) < 4.78 is 23.8. The summed E-state index contributed by atoms with van der Waals surface area (Å²) in [5.74, 6) is -0.449. The first-order valence-electron chi connectivity index (χ1n) is 8.29. The van der Waals surface area contributed by atoms with Gasteiger partial charge < -0.3 is 14.5 Å². The molecular weight excluding hydrogens is 373 g/mol. The fourth-order valence-electron chi connectivity index (χ4n) is 2.66. The number of carbonyl (C=O) groups is 1. The zero-order chi connectivity index (χ0) is 19.6. The predicted molar refractivity (Wildman–Crippen MR) is 102 cm³/mol. The zero-order valence-corrected chi connectivity index (χ0v) is 15.5. The van der Waals surface area contributed by atoms with Crippen LogP contribution in [-0.4, -0.2) is 12.5 Å². The van der Waals surface area contributed by atoms with E-state index in [2.05, 4.69) is 5.32 Å². The zero-order valence-electron chi connectivity index (χ0n) is 14.7. The molecule has 0 bridgehead atoms. The minimum absolute atomic E-state index is 0.0840. The van der Waals surface area contributed by atoms with Crippen molar-refractivity contribution in [3.8, 4) is 5.75 Å². The first-order valence-corrected chi connectivity index (χ1v) is 8.67. The fourth-order valence-corrected chi connectivity index (χ4v) is 2.84. The molecule has 0 saturated heterocycles. The molecule has 1 heterocycles. The standard InChI is InChI=1S/C20H17ClFNO4/c1-11(2)15-9-20(25)27-18-8-13(4-5-14(15)18)26-10-19(24)23-12-3-6-17(22)16(21)7-12/h3-9,11H,10H2,1-2H3,(H,23,24). The molecule has 0 aliphatic heterocycles. The summed E-state index contributed by atoms with van der Waals surface area (Å²) in [6.45, 7) is 3.71. The van der Waals surface area contributed by atoms with E-state index in [-0.39, 0.29) is 17.5 Å².